The topological polar surface area (TPSA) is 44.8 Å². The average Bonchev–Trinajstić information content (AvgIpc) is 3.04. The molecule has 0 spiro atoms. The molecule has 5 heteroatoms. The summed E-state index contributed by atoms with van der Waals surface area (Å²) in [6, 6.07) is 7.28. The molecule has 18 heavy (non-hydrogen) atoms. The van der Waals surface area contributed by atoms with Crippen molar-refractivity contribution in [2.75, 3.05) is 6.79 Å². The number of rotatable bonds is 4. The van der Waals surface area contributed by atoms with Crippen LogP contribution in [0, 0.1) is 0 Å². The van der Waals surface area contributed by atoms with Gasteiger partial charge in [-0.05, 0) is 23.6 Å². The van der Waals surface area contributed by atoms with Gasteiger partial charge in [-0.25, -0.2) is 0 Å². The van der Waals surface area contributed by atoms with Crippen molar-refractivity contribution >= 4 is 17.6 Å². The third-order valence-corrected chi connectivity index (χ3v) is 3.45. The molecule has 2 heterocycles. The predicted octanol–water partition coefficient (Wildman–Crippen LogP) is 2.87. The third kappa shape index (κ3) is 2.17. The van der Waals surface area contributed by atoms with E-state index in [1.165, 1.54) is 11.3 Å². The van der Waals surface area contributed by atoms with Crippen LogP contribution >= 0.6 is 11.3 Å². The summed E-state index contributed by atoms with van der Waals surface area (Å²) in [7, 11) is 0. The van der Waals surface area contributed by atoms with Crippen LogP contribution in [0.1, 0.15) is 15.2 Å². The van der Waals surface area contributed by atoms with Crippen LogP contribution < -0.4 is 14.2 Å². The molecule has 1 aromatic carbocycles. The Labute approximate surface area is 108 Å². The molecule has 0 amide bonds. The van der Waals surface area contributed by atoms with Crippen molar-refractivity contribution in [2.24, 2.45) is 0 Å². The first kappa shape index (κ1) is 11.1. The Morgan fingerprint density at radius 3 is 3.00 bits per heavy atom. The Kier molecular flexibility index (Phi) is 2.90. The number of carbonyl (C=O) groups is 1. The van der Waals surface area contributed by atoms with E-state index in [9.17, 15) is 4.79 Å². The van der Waals surface area contributed by atoms with Gasteiger partial charge in [-0.3, -0.25) is 4.79 Å². The fraction of sp³-hybridized carbons (Fsp3) is 0.154. The first-order valence-electron chi connectivity index (χ1n) is 5.40. The van der Waals surface area contributed by atoms with Gasteiger partial charge in [0, 0.05) is 11.6 Å². The molecule has 1 aliphatic rings. The zero-order valence-corrected chi connectivity index (χ0v) is 10.2. The normalized spacial score (nSPS) is 12.4. The summed E-state index contributed by atoms with van der Waals surface area (Å²) < 4.78 is 16.1. The van der Waals surface area contributed by atoms with Crippen LogP contribution in [-0.4, -0.2) is 13.1 Å². The van der Waals surface area contributed by atoms with Crippen LogP contribution in [0.2, 0.25) is 0 Å². The van der Waals surface area contributed by atoms with Gasteiger partial charge in [0.2, 0.25) is 6.79 Å². The number of thiophene rings is 1. The molecule has 1 aliphatic heterocycles. The van der Waals surface area contributed by atoms with E-state index < -0.39 is 0 Å². The molecule has 1 aromatic heterocycles. The molecular formula is C13H10O4S. The summed E-state index contributed by atoms with van der Waals surface area (Å²) in [6.07, 6.45) is 0.842. The zero-order chi connectivity index (χ0) is 12.4. The third-order valence-electron chi connectivity index (χ3n) is 2.54. The molecular weight excluding hydrogens is 252 g/mol. The van der Waals surface area contributed by atoms with E-state index in [1.54, 1.807) is 6.07 Å². The number of aldehydes is 1. The highest BCUT2D eigenvalue weighted by Gasteiger charge is 2.13. The molecule has 0 atom stereocenters. The van der Waals surface area contributed by atoms with Gasteiger partial charge in [0.05, 0.1) is 4.88 Å². The minimum absolute atomic E-state index is 0.256. The van der Waals surface area contributed by atoms with Crippen LogP contribution in [0.15, 0.2) is 29.6 Å². The van der Waals surface area contributed by atoms with E-state index >= 15 is 0 Å². The highest BCUT2D eigenvalue weighted by molar-refractivity contribution is 7.11. The predicted molar refractivity (Wildman–Crippen MR) is 66.6 cm³/mol. The molecule has 2 aromatic rings. The number of hydrogen-bond donors (Lipinski definition) is 0. The van der Waals surface area contributed by atoms with Crippen molar-refractivity contribution in [3.63, 3.8) is 0 Å². The molecule has 4 nitrogen and oxygen atoms in total. The van der Waals surface area contributed by atoms with Crippen molar-refractivity contribution in [1.29, 1.82) is 0 Å². The minimum Gasteiger partial charge on any atom is -0.489 e. The Morgan fingerprint density at radius 2 is 2.17 bits per heavy atom. The first-order valence-corrected chi connectivity index (χ1v) is 6.28. The lowest BCUT2D eigenvalue weighted by Gasteiger charge is -2.05. The van der Waals surface area contributed by atoms with Gasteiger partial charge in [0.15, 0.2) is 17.8 Å². The summed E-state index contributed by atoms with van der Waals surface area (Å²) in [5, 5.41) is 1.91. The quantitative estimate of drug-likeness (QED) is 0.795. The van der Waals surface area contributed by atoms with Crippen molar-refractivity contribution in [2.45, 2.75) is 6.61 Å². The van der Waals surface area contributed by atoms with Crippen molar-refractivity contribution in [3.05, 3.63) is 40.1 Å². The highest BCUT2D eigenvalue weighted by atomic mass is 32.1. The van der Waals surface area contributed by atoms with E-state index in [2.05, 4.69) is 0 Å². The molecule has 0 unspecified atom stereocenters. The zero-order valence-electron chi connectivity index (χ0n) is 9.42. The van der Waals surface area contributed by atoms with Gasteiger partial charge in [-0.1, -0.05) is 0 Å². The van der Waals surface area contributed by atoms with E-state index in [4.69, 9.17) is 14.2 Å². The molecule has 0 saturated carbocycles. The molecule has 92 valence electrons. The van der Waals surface area contributed by atoms with Gasteiger partial charge in [0.25, 0.3) is 0 Å². The second-order valence-electron chi connectivity index (χ2n) is 3.78. The number of carbonyl (C=O) groups excluding carboxylic acids is 1. The van der Waals surface area contributed by atoms with Gasteiger partial charge in [-0.2, -0.15) is 0 Å². The summed E-state index contributed by atoms with van der Waals surface area (Å²) in [6.45, 7) is 0.690. The van der Waals surface area contributed by atoms with E-state index in [0.29, 0.717) is 17.2 Å². The van der Waals surface area contributed by atoms with Gasteiger partial charge in [0.1, 0.15) is 12.4 Å². The number of fused-ring (bicyclic) bond motifs is 1. The highest BCUT2D eigenvalue weighted by Crippen LogP contribution is 2.35. The smallest absolute Gasteiger partial charge is 0.231 e. The van der Waals surface area contributed by atoms with Crippen LogP contribution in [0.5, 0.6) is 17.2 Å². The molecule has 0 bridgehead atoms. The van der Waals surface area contributed by atoms with Gasteiger partial charge in [-0.15, -0.1) is 11.3 Å². The Hall–Kier alpha value is -2.01. The molecule has 0 radical (unpaired) electrons. The summed E-state index contributed by atoms with van der Waals surface area (Å²) in [5.41, 5.74) is 0.986. The Bertz CT molecular complexity index is 576. The monoisotopic (exact) mass is 262 g/mol. The van der Waals surface area contributed by atoms with Gasteiger partial charge >= 0.3 is 0 Å². The Morgan fingerprint density at radius 1 is 1.28 bits per heavy atom. The van der Waals surface area contributed by atoms with E-state index in [-0.39, 0.29) is 6.79 Å². The van der Waals surface area contributed by atoms with Crippen LogP contribution in [0.25, 0.3) is 0 Å². The van der Waals surface area contributed by atoms with Crippen molar-refractivity contribution in [1.82, 2.24) is 0 Å². The second kappa shape index (κ2) is 4.70. The summed E-state index contributed by atoms with van der Waals surface area (Å²) in [4.78, 5) is 11.3. The lowest BCUT2D eigenvalue weighted by Crippen LogP contribution is -1.94. The molecule has 0 N–H and O–H groups in total. The molecule has 0 saturated heterocycles. The van der Waals surface area contributed by atoms with Crippen LogP contribution in [-0.2, 0) is 6.61 Å². The fourth-order valence-corrected chi connectivity index (χ4v) is 2.36. The largest absolute Gasteiger partial charge is 0.489 e. The lowest BCUT2D eigenvalue weighted by molar-refractivity contribution is 0.112. The average molecular weight is 262 g/mol. The van der Waals surface area contributed by atoms with E-state index in [1.807, 2.05) is 23.6 Å². The fourth-order valence-electron chi connectivity index (χ4n) is 1.67. The number of hydrogen-bond acceptors (Lipinski definition) is 5. The standard InChI is InChI=1S/C13H10O4S/c14-5-11-3-9(7-18-11)6-15-10-1-2-12-13(4-10)17-8-16-12/h1-5,7H,6,8H2. The van der Waals surface area contributed by atoms with Crippen LogP contribution in [0.4, 0.5) is 0 Å². The van der Waals surface area contributed by atoms with Crippen molar-refractivity contribution in [3.8, 4) is 17.2 Å². The maximum absolute atomic E-state index is 10.6. The molecule has 0 fully saturated rings. The lowest BCUT2D eigenvalue weighted by atomic mass is 10.3. The summed E-state index contributed by atoms with van der Waals surface area (Å²) >= 11 is 1.41. The number of benzene rings is 1. The van der Waals surface area contributed by atoms with Crippen molar-refractivity contribution < 1.29 is 19.0 Å². The van der Waals surface area contributed by atoms with Gasteiger partial charge < -0.3 is 14.2 Å². The maximum Gasteiger partial charge on any atom is 0.231 e. The Balaban J connectivity index is 1.68. The number of ether oxygens (including phenoxy) is 3. The molecule has 0 aliphatic carbocycles. The van der Waals surface area contributed by atoms with E-state index in [0.717, 1.165) is 23.3 Å². The SMILES string of the molecule is O=Cc1cc(COc2ccc3c(c2)OCO3)cs1. The molecule has 3 rings (SSSR count). The second-order valence-corrected chi connectivity index (χ2v) is 4.72. The summed E-state index contributed by atoms with van der Waals surface area (Å²) in [5.74, 6) is 2.16. The minimum atomic E-state index is 0.256. The van der Waals surface area contributed by atoms with Crippen LogP contribution in [0.3, 0.4) is 0 Å². The first-order chi connectivity index (χ1) is 8.85. The maximum atomic E-state index is 10.6.